The second-order valence-corrected chi connectivity index (χ2v) is 9.90. The van der Waals surface area contributed by atoms with Gasteiger partial charge in [-0.15, -0.1) is 0 Å². The highest BCUT2D eigenvalue weighted by atomic mass is 19.1. The van der Waals surface area contributed by atoms with E-state index in [2.05, 4.69) is 24.3 Å². The summed E-state index contributed by atoms with van der Waals surface area (Å²) in [6, 6.07) is 4.09. The van der Waals surface area contributed by atoms with Crippen molar-refractivity contribution in [3.05, 3.63) is 40.8 Å². The number of aryl methyl sites for hydroxylation is 1. The first-order valence-corrected chi connectivity index (χ1v) is 11.8. The average Bonchev–Trinajstić information content (AvgIpc) is 3.44. The van der Waals surface area contributed by atoms with Crippen molar-refractivity contribution in [2.24, 2.45) is 11.8 Å². The molecular weight excluding hydrogens is 409 g/mol. The number of nitrogens with zero attached hydrogens (tertiary/aromatic N) is 2. The molecule has 1 aliphatic heterocycles. The normalized spacial score (nSPS) is 23.2. The number of benzene rings is 1. The molecule has 0 unspecified atom stereocenters. The Morgan fingerprint density at radius 1 is 1.28 bits per heavy atom. The predicted octanol–water partition coefficient (Wildman–Crippen LogP) is 4.12. The molecule has 0 radical (unpaired) electrons. The van der Waals surface area contributed by atoms with Gasteiger partial charge in [0.05, 0.1) is 0 Å². The summed E-state index contributed by atoms with van der Waals surface area (Å²) < 4.78 is 19.3. The molecule has 1 aromatic heterocycles. The number of carbonyl (C=O) groups excluding carboxylic acids is 2. The molecule has 32 heavy (non-hydrogen) atoms. The van der Waals surface area contributed by atoms with Gasteiger partial charge in [0.15, 0.2) is 11.5 Å². The molecule has 2 atom stereocenters. The lowest BCUT2D eigenvalue weighted by molar-refractivity contribution is -0.130. The molecule has 7 heteroatoms. The first kappa shape index (κ1) is 21.2. The van der Waals surface area contributed by atoms with Crippen LogP contribution in [0, 0.1) is 17.7 Å². The van der Waals surface area contributed by atoms with Crippen molar-refractivity contribution in [2.75, 3.05) is 6.54 Å². The highest BCUT2D eigenvalue weighted by Crippen LogP contribution is 2.37. The number of carbonyl (C=O) groups is 2. The van der Waals surface area contributed by atoms with Gasteiger partial charge < -0.3 is 14.7 Å². The van der Waals surface area contributed by atoms with E-state index in [0.717, 1.165) is 29.5 Å². The average molecular weight is 440 g/mol. The van der Waals surface area contributed by atoms with E-state index in [0.29, 0.717) is 43.2 Å². The summed E-state index contributed by atoms with van der Waals surface area (Å²) in [5.41, 5.74) is 2.71. The maximum Gasteiger partial charge on any atom is 0.277 e. The van der Waals surface area contributed by atoms with E-state index in [9.17, 15) is 14.0 Å². The van der Waals surface area contributed by atoms with Crippen LogP contribution in [0.1, 0.15) is 67.6 Å². The zero-order valence-corrected chi connectivity index (χ0v) is 18.7. The molecule has 1 aromatic carbocycles. The van der Waals surface area contributed by atoms with Crippen molar-refractivity contribution >= 4 is 11.8 Å². The molecule has 2 fully saturated rings. The maximum atomic E-state index is 13.8. The molecule has 2 aromatic rings. The Hall–Kier alpha value is -2.70. The minimum absolute atomic E-state index is 0.0104. The van der Waals surface area contributed by atoms with E-state index < -0.39 is 6.04 Å². The number of piperazine rings is 1. The van der Waals surface area contributed by atoms with Crippen LogP contribution in [0.4, 0.5) is 4.39 Å². The molecule has 3 aliphatic rings. The van der Waals surface area contributed by atoms with Crippen LogP contribution in [0.2, 0.25) is 0 Å². The molecule has 2 heterocycles. The summed E-state index contributed by atoms with van der Waals surface area (Å²) in [4.78, 5) is 28.6. The van der Waals surface area contributed by atoms with E-state index in [4.69, 9.17) is 4.52 Å². The van der Waals surface area contributed by atoms with Crippen molar-refractivity contribution in [1.82, 2.24) is 15.4 Å². The van der Waals surface area contributed by atoms with Crippen LogP contribution in [0.15, 0.2) is 22.7 Å². The number of aromatic nitrogens is 1. The smallest absolute Gasteiger partial charge is 0.277 e. The number of rotatable bonds is 4. The predicted molar refractivity (Wildman–Crippen MR) is 117 cm³/mol. The van der Waals surface area contributed by atoms with Crippen molar-refractivity contribution in [3.63, 3.8) is 0 Å². The lowest BCUT2D eigenvalue weighted by atomic mass is 9.88. The third kappa shape index (κ3) is 3.71. The van der Waals surface area contributed by atoms with Crippen LogP contribution in [0.3, 0.4) is 0 Å². The van der Waals surface area contributed by atoms with Gasteiger partial charge in [-0.3, -0.25) is 9.59 Å². The number of hydrogen-bond acceptors (Lipinski definition) is 4. The van der Waals surface area contributed by atoms with Gasteiger partial charge in [0.2, 0.25) is 5.91 Å². The van der Waals surface area contributed by atoms with Gasteiger partial charge >= 0.3 is 0 Å². The molecule has 170 valence electrons. The fourth-order valence-electron chi connectivity index (χ4n) is 5.64. The summed E-state index contributed by atoms with van der Waals surface area (Å²) in [5.74, 6) is 0.664. The second-order valence-electron chi connectivity index (χ2n) is 9.90. The van der Waals surface area contributed by atoms with Gasteiger partial charge in [-0.05, 0) is 67.7 Å². The Bertz CT molecular complexity index is 1040. The topological polar surface area (TPSA) is 75.4 Å². The molecule has 1 saturated carbocycles. The SMILES string of the molecule is CC(C)C[C@H]1C(=O)N[C@@H](C2CCCC2)CN1C(=O)c1noc2c1CCc1cc(F)ccc1-2. The van der Waals surface area contributed by atoms with Crippen molar-refractivity contribution in [1.29, 1.82) is 0 Å². The first-order valence-electron chi connectivity index (χ1n) is 11.8. The minimum atomic E-state index is -0.502. The van der Waals surface area contributed by atoms with Crippen LogP contribution in [-0.4, -0.2) is 40.5 Å². The molecule has 1 N–H and O–H groups in total. The number of halogens is 1. The summed E-state index contributed by atoms with van der Waals surface area (Å²) >= 11 is 0. The standard InChI is InChI=1S/C25H30FN3O3/c1-14(2)11-21-24(30)27-20(15-5-3-4-6-15)13-29(21)25(31)22-19-9-7-16-12-17(26)8-10-18(16)23(19)32-28-22/h8,10,12,14-15,20-21H,3-7,9,11,13H2,1-2H3,(H,27,30)/t20-,21+/m1/s1. The third-order valence-corrected chi connectivity index (χ3v) is 7.27. The Labute approximate surface area is 187 Å². The van der Waals surface area contributed by atoms with Gasteiger partial charge in [0.25, 0.3) is 5.91 Å². The summed E-state index contributed by atoms with van der Waals surface area (Å²) in [7, 11) is 0. The lowest BCUT2D eigenvalue weighted by Gasteiger charge is -2.42. The van der Waals surface area contributed by atoms with Gasteiger partial charge in [0, 0.05) is 23.7 Å². The summed E-state index contributed by atoms with van der Waals surface area (Å²) in [5, 5.41) is 7.38. The summed E-state index contributed by atoms with van der Waals surface area (Å²) in [6.45, 7) is 4.64. The van der Waals surface area contributed by atoms with Crippen LogP contribution in [0.5, 0.6) is 0 Å². The number of fused-ring (bicyclic) bond motifs is 3. The van der Waals surface area contributed by atoms with E-state index in [1.165, 1.54) is 25.0 Å². The van der Waals surface area contributed by atoms with Gasteiger partial charge in [-0.2, -0.15) is 0 Å². The Kier molecular flexibility index (Phi) is 5.51. The van der Waals surface area contributed by atoms with Crippen LogP contribution in [0.25, 0.3) is 11.3 Å². The van der Waals surface area contributed by atoms with Crippen LogP contribution >= 0.6 is 0 Å². The maximum absolute atomic E-state index is 13.8. The zero-order valence-electron chi connectivity index (χ0n) is 18.7. The number of nitrogens with one attached hydrogen (secondary N) is 1. The molecule has 2 aliphatic carbocycles. The Morgan fingerprint density at radius 2 is 2.06 bits per heavy atom. The fourth-order valence-corrected chi connectivity index (χ4v) is 5.64. The minimum Gasteiger partial charge on any atom is -0.355 e. The molecule has 1 saturated heterocycles. The molecular formula is C25H30FN3O3. The van der Waals surface area contributed by atoms with E-state index in [1.807, 2.05) is 0 Å². The van der Waals surface area contributed by atoms with Crippen molar-refractivity contribution in [3.8, 4) is 11.3 Å². The monoisotopic (exact) mass is 439 g/mol. The first-order chi connectivity index (χ1) is 15.4. The van der Waals surface area contributed by atoms with Gasteiger partial charge in [-0.25, -0.2) is 4.39 Å². The fraction of sp³-hybridized carbons (Fsp3) is 0.560. The lowest BCUT2D eigenvalue weighted by Crippen LogP contribution is -2.63. The van der Waals surface area contributed by atoms with Crippen LogP contribution in [-0.2, 0) is 17.6 Å². The second kappa shape index (κ2) is 8.34. The Balaban J connectivity index is 1.47. The van der Waals surface area contributed by atoms with Crippen molar-refractivity contribution in [2.45, 2.75) is 70.9 Å². The van der Waals surface area contributed by atoms with E-state index in [1.54, 1.807) is 11.0 Å². The molecule has 0 bridgehead atoms. The van der Waals surface area contributed by atoms with E-state index in [-0.39, 0.29) is 29.6 Å². The van der Waals surface area contributed by atoms with Gasteiger partial charge in [-0.1, -0.05) is 31.8 Å². The van der Waals surface area contributed by atoms with Crippen LogP contribution < -0.4 is 5.32 Å². The third-order valence-electron chi connectivity index (χ3n) is 7.27. The highest BCUT2D eigenvalue weighted by molar-refractivity contribution is 5.99. The highest BCUT2D eigenvalue weighted by Gasteiger charge is 2.42. The van der Waals surface area contributed by atoms with E-state index >= 15 is 0 Å². The number of hydrogen-bond donors (Lipinski definition) is 1. The Morgan fingerprint density at radius 3 is 2.81 bits per heavy atom. The van der Waals surface area contributed by atoms with Gasteiger partial charge in [0.1, 0.15) is 11.9 Å². The largest absolute Gasteiger partial charge is 0.355 e. The zero-order chi connectivity index (χ0) is 22.4. The molecule has 5 rings (SSSR count). The molecule has 0 spiro atoms. The number of amides is 2. The van der Waals surface area contributed by atoms with Crippen molar-refractivity contribution < 1.29 is 18.5 Å². The summed E-state index contributed by atoms with van der Waals surface area (Å²) in [6.07, 6.45) is 6.34. The molecule has 2 amide bonds. The quantitative estimate of drug-likeness (QED) is 0.778. The molecule has 6 nitrogen and oxygen atoms in total.